The van der Waals surface area contributed by atoms with Crippen LogP contribution in [-0.4, -0.2) is 42.0 Å². The fourth-order valence-electron chi connectivity index (χ4n) is 10.5. The van der Waals surface area contributed by atoms with Gasteiger partial charge in [0.15, 0.2) is 0 Å². The highest BCUT2D eigenvalue weighted by Gasteiger charge is 2.60. The number of esters is 2. The van der Waals surface area contributed by atoms with Crippen LogP contribution in [0.1, 0.15) is 112 Å². The molecule has 4 saturated carbocycles. The first-order valence-electron chi connectivity index (χ1n) is 17.5. The molecule has 4 aliphatic carbocycles. The fraction of sp³-hybridized carbons (Fsp3) is 0.789. The van der Waals surface area contributed by atoms with Crippen molar-refractivity contribution in [3.05, 3.63) is 36.1 Å². The van der Waals surface area contributed by atoms with Crippen LogP contribution in [-0.2, 0) is 19.1 Å². The Morgan fingerprint density at radius 1 is 0.864 bits per heavy atom. The highest BCUT2D eigenvalue weighted by Crippen LogP contribution is 2.69. The minimum Gasteiger partial charge on any atom is -0.458 e. The van der Waals surface area contributed by atoms with Crippen LogP contribution in [0.3, 0.4) is 0 Å². The monoisotopic (exact) mass is 612 g/mol. The molecule has 9 atom stereocenters. The number of hydrogen-bond acceptors (Lipinski definition) is 6. The Kier molecular flexibility index (Phi) is 11.6. The van der Waals surface area contributed by atoms with E-state index in [9.17, 15) is 19.8 Å². The third-order valence-electron chi connectivity index (χ3n) is 13.0. The highest BCUT2D eigenvalue weighted by atomic mass is 16.5. The van der Waals surface area contributed by atoms with Crippen LogP contribution in [0.25, 0.3) is 0 Å². The quantitative estimate of drug-likeness (QED) is 0.125. The number of aliphatic hydroxyl groups excluding tert-OH is 2. The predicted octanol–water partition coefficient (Wildman–Crippen LogP) is 7.79. The lowest BCUT2D eigenvalue weighted by Gasteiger charge is -2.61. The molecule has 0 heterocycles. The Bertz CT molecular complexity index is 1090. The van der Waals surface area contributed by atoms with Crippen molar-refractivity contribution in [2.45, 2.75) is 112 Å². The summed E-state index contributed by atoms with van der Waals surface area (Å²) >= 11 is 0. The van der Waals surface area contributed by atoms with Gasteiger partial charge in [-0.1, -0.05) is 67.0 Å². The number of fused-ring (bicyclic) bond motifs is 5. The van der Waals surface area contributed by atoms with Crippen LogP contribution in [0.2, 0.25) is 0 Å². The van der Waals surface area contributed by atoms with Crippen molar-refractivity contribution in [2.75, 3.05) is 19.8 Å². The van der Waals surface area contributed by atoms with Crippen LogP contribution >= 0.6 is 0 Å². The normalized spacial score (nSPS) is 35.7. The second-order valence-electron chi connectivity index (χ2n) is 15.9. The molecule has 0 saturated heterocycles. The first kappa shape index (κ1) is 34.9. The summed E-state index contributed by atoms with van der Waals surface area (Å²) in [7, 11) is 0. The molecule has 4 rings (SSSR count). The first-order valence-corrected chi connectivity index (χ1v) is 17.5. The topological polar surface area (TPSA) is 93.1 Å². The summed E-state index contributed by atoms with van der Waals surface area (Å²) in [5.74, 6) is 4.28. The van der Waals surface area contributed by atoms with Crippen molar-refractivity contribution in [3.63, 3.8) is 0 Å². The van der Waals surface area contributed by atoms with Gasteiger partial charge in [0, 0.05) is 5.57 Å². The van der Waals surface area contributed by atoms with Gasteiger partial charge in [-0.3, -0.25) is 0 Å². The number of ether oxygens (including phenoxy) is 2. The zero-order valence-electron chi connectivity index (χ0n) is 28.2. The van der Waals surface area contributed by atoms with E-state index in [1.165, 1.54) is 64.0 Å². The van der Waals surface area contributed by atoms with Crippen molar-refractivity contribution in [2.24, 2.45) is 58.2 Å². The van der Waals surface area contributed by atoms with E-state index in [4.69, 9.17) is 9.47 Å². The molecule has 0 radical (unpaired) electrons. The van der Waals surface area contributed by atoms with Crippen LogP contribution in [0.4, 0.5) is 0 Å². The van der Waals surface area contributed by atoms with Gasteiger partial charge in [0.1, 0.15) is 6.61 Å². The minimum absolute atomic E-state index is 0.00653. The van der Waals surface area contributed by atoms with Gasteiger partial charge >= 0.3 is 11.9 Å². The molecule has 4 aliphatic rings. The molecule has 2 N–H and O–H groups in total. The van der Waals surface area contributed by atoms with Gasteiger partial charge in [-0.05, 0) is 116 Å². The number of carbonyl (C=O) groups excluding carboxylic acids is 2. The van der Waals surface area contributed by atoms with E-state index >= 15 is 0 Å². The number of hydrogen-bond donors (Lipinski definition) is 2. The second-order valence-corrected chi connectivity index (χ2v) is 15.9. The van der Waals surface area contributed by atoms with Gasteiger partial charge in [0.05, 0.1) is 30.6 Å². The molecular weight excluding hydrogens is 552 g/mol. The van der Waals surface area contributed by atoms with Crippen LogP contribution in [0.15, 0.2) is 36.1 Å². The summed E-state index contributed by atoms with van der Waals surface area (Å²) in [5, 5.41) is 18.6. The first-order chi connectivity index (χ1) is 20.8. The molecule has 0 aliphatic heterocycles. The zero-order valence-corrected chi connectivity index (χ0v) is 28.2. The van der Waals surface area contributed by atoms with Crippen molar-refractivity contribution >= 4 is 11.9 Å². The van der Waals surface area contributed by atoms with Gasteiger partial charge in [0.25, 0.3) is 0 Å². The van der Waals surface area contributed by atoms with Crippen LogP contribution in [0, 0.1) is 58.2 Å². The van der Waals surface area contributed by atoms with E-state index in [1.54, 1.807) is 0 Å². The number of aliphatic hydroxyl groups is 2. The number of carbonyl (C=O) groups is 2. The Morgan fingerprint density at radius 2 is 1.52 bits per heavy atom. The van der Waals surface area contributed by atoms with Crippen molar-refractivity contribution in [1.29, 1.82) is 0 Å². The summed E-state index contributed by atoms with van der Waals surface area (Å²) in [6.07, 6.45) is 16.6. The van der Waals surface area contributed by atoms with Gasteiger partial charge < -0.3 is 19.7 Å². The van der Waals surface area contributed by atoms with Crippen molar-refractivity contribution in [1.82, 2.24) is 0 Å². The molecule has 44 heavy (non-hydrogen) atoms. The molecule has 0 amide bonds. The summed E-state index contributed by atoms with van der Waals surface area (Å²) < 4.78 is 10.8. The molecule has 6 nitrogen and oxygen atoms in total. The van der Waals surface area contributed by atoms with Gasteiger partial charge in [0.2, 0.25) is 0 Å². The second kappa shape index (κ2) is 14.7. The average Bonchev–Trinajstić information content (AvgIpc) is 3.36. The maximum absolute atomic E-state index is 12.3. The zero-order chi connectivity index (χ0) is 32.2. The van der Waals surface area contributed by atoms with E-state index in [1.807, 2.05) is 0 Å². The summed E-state index contributed by atoms with van der Waals surface area (Å²) in [6.45, 7) is 18.6. The molecule has 4 fully saturated rings. The molecule has 0 bridgehead atoms. The molecule has 0 aromatic rings. The average molecular weight is 613 g/mol. The standard InChI is InChI=1S/C38H60O6/c1-24(2)9-8-10-25(3)32-13-14-33-31-12-11-30-19-28(15-17-37(30,6)34(31)16-18-38(32,33)7)29(22-43-35(41)26(4)20-39)23-44-36(42)27(5)21-40/h22,24-25,28,30-34,39-40H,4-5,8-21,23H2,1-3,6-7H3/b29-22+/t25-,28+,30+,31+,32-,33+,34+,37+,38-/m1/s1. The highest BCUT2D eigenvalue weighted by molar-refractivity contribution is 5.88. The summed E-state index contributed by atoms with van der Waals surface area (Å²) in [6, 6.07) is 0. The molecule has 248 valence electrons. The molecule has 0 spiro atoms. The SMILES string of the molecule is C=C(CO)C(=O)O/C=C(\COC(=O)C(=C)CO)[C@H]1CC[C@@]2(C)[C@@H](CC[C@@H]3[C@@H]2CC[C@]2(C)[C@@H]([C@H](C)CCCC(C)C)CC[C@@H]32)C1. The molecule has 0 aromatic carbocycles. The van der Waals surface area contributed by atoms with Gasteiger partial charge in [-0.25, -0.2) is 9.59 Å². The number of rotatable bonds is 13. The maximum Gasteiger partial charge on any atom is 0.340 e. The van der Waals surface area contributed by atoms with Crippen molar-refractivity contribution < 1.29 is 29.3 Å². The van der Waals surface area contributed by atoms with Gasteiger partial charge in [-0.15, -0.1) is 0 Å². The van der Waals surface area contributed by atoms with Crippen molar-refractivity contribution in [3.8, 4) is 0 Å². The Hall–Kier alpha value is -1.92. The molecule has 0 aromatic heterocycles. The van der Waals surface area contributed by atoms with E-state index in [0.717, 1.165) is 60.3 Å². The molecule has 0 unspecified atom stereocenters. The lowest BCUT2D eigenvalue weighted by Crippen LogP contribution is -2.53. The predicted molar refractivity (Wildman–Crippen MR) is 174 cm³/mol. The third kappa shape index (κ3) is 7.22. The lowest BCUT2D eigenvalue weighted by molar-refractivity contribution is -0.139. The Morgan fingerprint density at radius 3 is 2.20 bits per heavy atom. The third-order valence-corrected chi connectivity index (χ3v) is 13.0. The van der Waals surface area contributed by atoms with E-state index in [0.29, 0.717) is 16.7 Å². The fourth-order valence-corrected chi connectivity index (χ4v) is 10.5. The van der Waals surface area contributed by atoms with E-state index in [-0.39, 0.29) is 23.7 Å². The Labute approximate surface area is 266 Å². The Balaban J connectivity index is 1.45. The van der Waals surface area contributed by atoms with Crippen LogP contribution < -0.4 is 0 Å². The lowest BCUT2D eigenvalue weighted by atomic mass is 9.43. The molecular formula is C38H60O6. The molecule has 6 heteroatoms. The largest absolute Gasteiger partial charge is 0.458 e. The smallest absolute Gasteiger partial charge is 0.340 e. The van der Waals surface area contributed by atoms with E-state index in [2.05, 4.69) is 47.8 Å². The van der Waals surface area contributed by atoms with E-state index < -0.39 is 25.2 Å². The summed E-state index contributed by atoms with van der Waals surface area (Å²) in [5.41, 5.74) is 1.52. The minimum atomic E-state index is -0.688. The van der Waals surface area contributed by atoms with Gasteiger partial charge in [-0.2, -0.15) is 0 Å². The van der Waals surface area contributed by atoms with Crippen LogP contribution in [0.5, 0.6) is 0 Å². The maximum atomic E-state index is 12.3. The summed E-state index contributed by atoms with van der Waals surface area (Å²) in [4.78, 5) is 24.6.